The van der Waals surface area contributed by atoms with Crippen LogP contribution in [-0.2, 0) is 4.79 Å². The van der Waals surface area contributed by atoms with Gasteiger partial charge in [0.2, 0.25) is 0 Å². The number of hydrogen-bond donors (Lipinski definition) is 2. The fraction of sp³-hybridized carbons (Fsp3) is 0.263. The molecule has 8 nitrogen and oxygen atoms in total. The number of ether oxygens (including phenoxy) is 1. The zero-order chi connectivity index (χ0) is 19.9. The Balaban J connectivity index is 1.42. The highest BCUT2D eigenvalue weighted by molar-refractivity contribution is 6.30. The van der Waals surface area contributed by atoms with Gasteiger partial charge in [-0.1, -0.05) is 11.6 Å². The maximum Gasteiger partial charge on any atom is 0.258 e. The third kappa shape index (κ3) is 5.43. The molecule has 28 heavy (non-hydrogen) atoms. The largest absolute Gasteiger partial charge is 0.484 e. The van der Waals surface area contributed by atoms with Crippen LogP contribution in [0.3, 0.4) is 0 Å². The standard InChI is InChI=1S/C19H21ClN6O2/c1-13-9-14(2)26(25-13)18-10-17(23-12-24-18)21-7-8-22-19(27)11-28-16-5-3-15(20)4-6-16/h3-6,9-10,12H,7-8,11H2,1-2H3,(H,22,27)(H,21,23,24). The van der Waals surface area contributed by atoms with Crippen molar-refractivity contribution in [1.29, 1.82) is 0 Å². The second-order valence-corrected chi connectivity index (χ2v) is 6.56. The third-order valence-corrected chi connectivity index (χ3v) is 4.07. The van der Waals surface area contributed by atoms with E-state index in [2.05, 4.69) is 25.7 Å². The van der Waals surface area contributed by atoms with Crippen LogP contribution in [0.5, 0.6) is 5.75 Å². The van der Waals surface area contributed by atoms with Gasteiger partial charge in [0.15, 0.2) is 12.4 Å². The van der Waals surface area contributed by atoms with Crippen molar-refractivity contribution >= 4 is 23.3 Å². The number of carbonyl (C=O) groups excluding carboxylic acids is 1. The van der Waals surface area contributed by atoms with Crippen LogP contribution < -0.4 is 15.4 Å². The van der Waals surface area contributed by atoms with E-state index in [1.54, 1.807) is 28.9 Å². The SMILES string of the molecule is Cc1cc(C)n(-c2cc(NCCNC(=O)COc3ccc(Cl)cc3)ncn2)n1. The molecule has 0 aliphatic carbocycles. The first-order valence-electron chi connectivity index (χ1n) is 8.76. The van der Waals surface area contributed by atoms with Gasteiger partial charge < -0.3 is 15.4 Å². The minimum absolute atomic E-state index is 0.0583. The molecule has 0 unspecified atom stereocenters. The summed E-state index contributed by atoms with van der Waals surface area (Å²) in [7, 11) is 0. The summed E-state index contributed by atoms with van der Waals surface area (Å²) >= 11 is 5.81. The molecule has 9 heteroatoms. The van der Waals surface area contributed by atoms with E-state index in [-0.39, 0.29) is 12.5 Å². The molecule has 0 aliphatic heterocycles. The van der Waals surface area contributed by atoms with E-state index in [4.69, 9.17) is 16.3 Å². The first-order chi connectivity index (χ1) is 13.5. The average molecular weight is 401 g/mol. The molecule has 2 N–H and O–H groups in total. The molecule has 0 saturated carbocycles. The zero-order valence-corrected chi connectivity index (χ0v) is 16.4. The van der Waals surface area contributed by atoms with Gasteiger partial charge in [-0.05, 0) is 44.2 Å². The van der Waals surface area contributed by atoms with Crippen LogP contribution in [0.25, 0.3) is 5.82 Å². The van der Waals surface area contributed by atoms with Crippen molar-refractivity contribution in [3.05, 3.63) is 59.1 Å². The lowest BCUT2D eigenvalue weighted by Gasteiger charge is -2.10. The Morgan fingerprint density at radius 1 is 1.14 bits per heavy atom. The first-order valence-corrected chi connectivity index (χ1v) is 9.14. The summed E-state index contributed by atoms with van der Waals surface area (Å²) in [6, 6.07) is 10.6. The van der Waals surface area contributed by atoms with Crippen LogP contribution >= 0.6 is 11.6 Å². The zero-order valence-electron chi connectivity index (χ0n) is 15.6. The number of aromatic nitrogens is 4. The summed E-state index contributed by atoms with van der Waals surface area (Å²) < 4.78 is 7.16. The maximum atomic E-state index is 11.8. The molecule has 3 rings (SSSR count). The lowest BCUT2D eigenvalue weighted by atomic mass is 10.3. The quantitative estimate of drug-likeness (QED) is 0.564. The number of anilines is 1. The average Bonchev–Trinajstić information content (AvgIpc) is 3.03. The van der Waals surface area contributed by atoms with E-state index < -0.39 is 0 Å². The van der Waals surface area contributed by atoms with Crippen molar-refractivity contribution in [3.63, 3.8) is 0 Å². The maximum absolute atomic E-state index is 11.8. The molecule has 2 heterocycles. The highest BCUT2D eigenvalue weighted by Gasteiger charge is 2.07. The Morgan fingerprint density at radius 2 is 1.93 bits per heavy atom. The van der Waals surface area contributed by atoms with E-state index in [1.807, 2.05) is 26.0 Å². The number of nitrogens with one attached hydrogen (secondary N) is 2. The third-order valence-electron chi connectivity index (χ3n) is 3.82. The first kappa shape index (κ1) is 19.6. The molecule has 0 radical (unpaired) electrons. The molecule has 2 aromatic heterocycles. The van der Waals surface area contributed by atoms with E-state index in [0.717, 1.165) is 11.4 Å². The predicted octanol–water partition coefficient (Wildman–Crippen LogP) is 2.54. The Bertz CT molecular complexity index is 942. The summed E-state index contributed by atoms with van der Waals surface area (Å²) in [6.07, 6.45) is 1.48. The van der Waals surface area contributed by atoms with Crippen molar-refractivity contribution in [2.24, 2.45) is 0 Å². The summed E-state index contributed by atoms with van der Waals surface area (Å²) in [5.74, 6) is 1.73. The van der Waals surface area contributed by atoms with Gasteiger partial charge in [0.05, 0.1) is 5.69 Å². The fourth-order valence-corrected chi connectivity index (χ4v) is 2.67. The monoisotopic (exact) mass is 400 g/mol. The van der Waals surface area contributed by atoms with Crippen molar-refractivity contribution in [2.75, 3.05) is 25.0 Å². The van der Waals surface area contributed by atoms with Crippen molar-refractivity contribution in [3.8, 4) is 11.6 Å². The minimum atomic E-state index is -0.206. The molecular weight excluding hydrogens is 380 g/mol. The van der Waals surface area contributed by atoms with Gasteiger partial charge in [-0.15, -0.1) is 0 Å². The van der Waals surface area contributed by atoms with Gasteiger partial charge >= 0.3 is 0 Å². The summed E-state index contributed by atoms with van der Waals surface area (Å²) in [6.45, 7) is 4.79. The Kier molecular flexibility index (Phi) is 6.44. The van der Waals surface area contributed by atoms with Crippen molar-refractivity contribution in [1.82, 2.24) is 25.1 Å². The summed E-state index contributed by atoms with van der Waals surface area (Å²) in [5.41, 5.74) is 1.92. The molecule has 1 aromatic carbocycles. The highest BCUT2D eigenvalue weighted by Crippen LogP contribution is 2.15. The van der Waals surface area contributed by atoms with E-state index >= 15 is 0 Å². The second-order valence-electron chi connectivity index (χ2n) is 6.12. The Labute approximate surface area is 167 Å². The molecule has 0 bridgehead atoms. The molecule has 0 fully saturated rings. The van der Waals surface area contributed by atoms with Crippen LogP contribution in [0, 0.1) is 13.8 Å². The van der Waals surface area contributed by atoms with Gasteiger partial charge in [-0.2, -0.15) is 5.10 Å². The van der Waals surface area contributed by atoms with Crippen LogP contribution in [0.1, 0.15) is 11.4 Å². The number of benzene rings is 1. The highest BCUT2D eigenvalue weighted by atomic mass is 35.5. The minimum Gasteiger partial charge on any atom is -0.484 e. The molecule has 0 saturated heterocycles. The van der Waals surface area contributed by atoms with E-state index in [9.17, 15) is 4.79 Å². The molecule has 0 atom stereocenters. The van der Waals surface area contributed by atoms with Crippen LogP contribution in [0.2, 0.25) is 5.02 Å². The van der Waals surface area contributed by atoms with Gasteiger partial charge in [0.1, 0.15) is 17.9 Å². The molecule has 1 amide bonds. The Morgan fingerprint density at radius 3 is 2.64 bits per heavy atom. The lowest BCUT2D eigenvalue weighted by Crippen LogP contribution is -2.32. The molecular formula is C19H21ClN6O2. The number of halogens is 1. The van der Waals surface area contributed by atoms with Crippen molar-refractivity contribution in [2.45, 2.75) is 13.8 Å². The normalized spacial score (nSPS) is 10.5. The molecule has 146 valence electrons. The summed E-state index contributed by atoms with van der Waals surface area (Å²) in [5, 5.41) is 11.0. The van der Waals surface area contributed by atoms with E-state index in [1.165, 1.54) is 6.33 Å². The topological polar surface area (TPSA) is 94.0 Å². The number of amides is 1. The van der Waals surface area contributed by atoms with Crippen LogP contribution in [-0.4, -0.2) is 45.4 Å². The number of hydrogen-bond acceptors (Lipinski definition) is 6. The second kappa shape index (κ2) is 9.18. The van der Waals surface area contributed by atoms with Gasteiger partial charge in [0.25, 0.3) is 5.91 Å². The van der Waals surface area contributed by atoms with Gasteiger partial charge in [-0.25, -0.2) is 14.6 Å². The fourth-order valence-electron chi connectivity index (χ4n) is 2.54. The van der Waals surface area contributed by atoms with E-state index in [0.29, 0.717) is 35.5 Å². The Hall–Kier alpha value is -3.13. The number of aryl methyl sites for hydroxylation is 2. The number of carbonyl (C=O) groups is 1. The number of rotatable bonds is 8. The van der Waals surface area contributed by atoms with Crippen LogP contribution in [0.15, 0.2) is 42.7 Å². The smallest absolute Gasteiger partial charge is 0.258 e. The van der Waals surface area contributed by atoms with Gasteiger partial charge in [-0.3, -0.25) is 4.79 Å². The summed E-state index contributed by atoms with van der Waals surface area (Å²) in [4.78, 5) is 20.3. The molecule has 3 aromatic rings. The molecule has 0 spiro atoms. The predicted molar refractivity (Wildman–Crippen MR) is 107 cm³/mol. The number of nitrogens with zero attached hydrogens (tertiary/aromatic N) is 4. The van der Waals surface area contributed by atoms with Crippen LogP contribution in [0.4, 0.5) is 5.82 Å². The lowest BCUT2D eigenvalue weighted by molar-refractivity contribution is -0.123. The molecule has 0 aliphatic rings. The van der Waals surface area contributed by atoms with Crippen molar-refractivity contribution < 1.29 is 9.53 Å². The van der Waals surface area contributed by atoms with Gasteiger partial charge in [0, 0.05) is 29.9 Å².